The van der Waals surface area contributed by atoms with Crippen molar-refractivity contribution in [1.82, 2.24) is 0 Å². The van der Waals surface area contributed by atoms with Gasteiger partial charge in [-0.1, -0.05) is 18.9 Å². The number of hydrogen-bond donors (Lipinski definition) is 4. The molecule has 0 aromatic heterocycles. The standard InChI is InChI=1S/C21H34O10/c1-4-6-30-31-21(26)12-20(13-21,14-23)15-29-16(3)9-27-10-17(8-22)7-18(24)11-28-19(25)5-2/h5-6,16-18,22-24,26H,1-2,7-15H2,3H3. The molecule has 0 heterocycles. The molecule has 10 nitrogen and oxygen atoms in total. The fourth-order valence-electron chi connectivity index (χ4n) is 3.24. The van der Waals surface area contributed by atoms with Gasteiger partial charge in [0.05, 0.1) is 38.6 Å². The van der Waals surface area contributed by atoms with Crippen molar-refractivity contribution >= 4 is 5.97 Å². The third-order valence-corrected chi connectivity index (χ3v) is 4.80. The summed E-state index contributed by atoms with van der Waals surface area (Å²) in [6, 6.07) is 0. The molecule has 10 heteroatoms. The first kappa shape index (κ1) is 27.3. The van der Waals surface area contributed by atoms with Gasteiger partial charge in [-0.15, -0.1) is 0 Å². The number of carbonyl (C=O) groups excluding carboxylic acids is 1. The monoisotopic (exact) mass is 446 g/mol. The van der Waals surface area contributed by atoms with Crippen molar-refractivity contribution < 1.29 is 49.2 Å². The van der Waals surface area contributed by atoms with Crippen molar-refractivity contribution in [2.24, 2.45) is 11.3 Å². The average Bonchev–Trinajstić information content (AvgIpc) is 2.73. The Labute approximate surface area is 182 Å². The molecular formula is C21H34O10. The van der Waals surface area contributed by atoms with Gasteiger partial charge in [0.2, 0.25) is 5.79 Å². The number of aliphatic hydroxyl groups is 4. The van der Waals surface area contributed by atoms with Crippen LogP contribution in [0.25, 0.3) is 0 Å². The van der Waals surface area contributed by atoms with Gasteiger partial charge in [0, 0.05) is 36.9 Å². The van der Waals surface area contributed by atoms with Gasteiger partial charge in [-0.25, -0.2) is 4.79 Å². The van der Waals surface area contributed by atoms with Crippen LogP contribution < -0.4 is 0 Å². The Hall–Kier alpha value is -1.75. The van der Waals surface area contributed by atoms with E-state index >= 15 is 0 Å². The largest absolute Gasteiger partial charge is 0.460 e. The maximum Gasteiger partial charge on any atom is 0.330 e. The van der Waals surface area contributed by atoms with E-state index in [4.69, 9.17) is 19.1 Å². The van der Waals surface area contributed by atoms with Crippen LogP contribution in [0.2, 0.25) is 0 Å². The maximum absolute atomic E-state index is 11.0. The van der Waals surface area contributed by atoms with E-state index in [2.05, 4.69) is 23.8 Å². The Bertz CT molecular complexity index is 595. The molecule has 1 aliphatic carbocycles. The van der Waals surface area contributed by atoms with Crippen molar-refractivity contribution in [3.05, 3.63) is 31.2 Å². The zero-order chi connectivity index (χ0) is 23.3. The highest BCUT2D eigenvalue weighted by atomic mass is 17.2. The highest BCUT2D eigenvalue weighted by Crippen LogP contribution is 2.49. The lowest BCUT2D eigenvalue weighted by Crippen LogP contribution is -2.57. The van der Waals surface area contributed by atoms with Gasteiger partial charge in [-0.2, -0.15) is 4.89 Å². The van der Waals surface area contributed by atoms with Crippen molar-refractivity contribution in [2.45, 2.75) is 44.2 Å². The van der Waals surface area contributed by atoms with Crippen molar-refractivity contribution in [1.29, 1.82) is 0 Å². The molecule has 0 radical (unpaired) electrons. The topological polar surface area (TPSA) is 144 Å². The first-order valence-corrected chi connectivity index (χ1v) is 10.0. The number of carbonyl (C=O) groups is 1. The van der Waals surface area contributed by atoms with Crippen LogP contribution in [0.5, 0.6) is 0 Å². The smallest absolute Gasteiger partial charge is 0.330 e. The Morgan fingerprint density at radius 2 is 1.97 bits per heavy atom. The minimum absolute atomic E-state index is 0.135. The van der Waals surface area contributed by atoms with Gasteiger partial charge in [-0.3, -0.25) is 0 Å². The first-order chi connectivity index (χ1) is 14.7. The second-order valence-corrected chi connectivity index (χ2v) is 7.89. The summed E-state index contributed by atoms with van der Waals surface area (Å²) in [5, 5.41) is 39.2. The lowest BCUT2D eigenvalue weighted by molar-refractivity contribution is -0.440. The SMILES string of the molecule is C=C=COOC1(O)CC(CO)(COC(C)COCC(CO)CC(O)COC(=O)C=C)C1. The Morgan fingerprint density at radius 3 is 2.55 bits per heavy atom. The van der Waals surface area contributed by atoms with Gasteiger partial charge in [-0.05, 0) is 13.3 Å². The second kappa shape index (κ2) is 13.6. The highest BCUT2D eigenvalue weighted by Gasteiger charge is 2.56. The van der Waals surface area contributed by atoms with Crippen molar-refractivity contribution in [2.75, 3.05) is 39.6 Å². The van der Waals surface area contributed by atoms with Crippen molar-refractivity contribution in [3.8, 4) is 0 Å². The first-order valence-electron chi connectivity index (χ1n) is 10.0. The second-order valence-electron chi connectivity index (χ2n) is 7.89. The fraction of sp³-hybridized carbons (Fsp3) is 0.714. The van der Waals surface area contributed by atoms with E-state index in [1.807, 2.05) is 0 Å². The van der Waals surface area contributed by atoms with Gasteiger partial charge >= 0.3 is 5.97 Å². The third-order valence-electron chi connectivity index (χ3n) is 4.80. The molecule has 1 saturated carbocycles. The zero-order valence-electron chi connectivity index (χ0n) is 17.9. The summed E-state index contributed by atoms with van der Waals surface area (Å²) in [5.41, 5.74) is 1.70. The molecule has 0 bridgehead atoms. The maximum atomic E-state index is 11.0. The lowest BCUT2D eigenvalue weighted by Gasteiger charge is -2.50. The van der Waals surface area contributed by atoms with Crippen LogP contribution >= 0.6 is 0 Å². The summed E-state index contributed by atoms with van der Waals surface area (Å²) in [4.78, 5) is 20.5. The molecule has 4 N–H and O–H groups in total. The van der Waals surface area contributed by atoms with Crippen LogP contribution in [0.4, 0.5) is 0 Å². The summed E-state index contributed by atoms with van der Waals surface area (Å²) >= 11 is 0. The van der Waals surface area contributed by atoms with E-state index in [-0.39, 0.29) is 70.9 Å². The van der Waals surface area contributed by atoms with Crippen molar-refractivity contribution in [3.63, 3.8) is 0 Å². The fourth-order valence-corrected chi connectivity index (χ4v) is 3.24. The predicted molar refractivity (Wildman–Crippen MR) is 108 cm³/mol. The number of rotatable bonds is 17. The highest BCUT2D eigenvalue weighted by molar-refractivity contribution is 5.81. The zero-order valence-corrected chi connectivity index (χ0v) is 17.9. The molecule has 0 aliphatic heterocycles. The summed E-state index contributed by atoms with van der Waals surface area (Å²) < 4.78 is 16.1. The molecule has 31 heavy (non-hydrogen) atoms. The van der Waals surface area contributed by atoms with E-state index in [1.165, 1.54) is 0 Å². The van der Waals surface area contributed by atoms with Crippen LogP contribution in [-0.2, 0) is 28.8 Å². The van der Waals surface area contributed by atoms with E-state index < -0.39 is 23.3 Å². The molecule has 0 saturated heterocycles. The Kier molecular flexibility index (Phi) is 12.0. The molecule has 0 spiro atoms. The van der Waals surface area contributed by atoms with E-state index in [0.717, 1.165) is 12.3 Å². The van der Waals surface area contributed by atoms with Gasteiger partial charge in [0.15, 0.2) is 6.26 Å². The van der Waals surface area contributed by atoms with E-state index in [1.54, 1.807) is 6.92 Å². The predicted octanol–water partition coefficient (Wildman–Crippen LogP) is 0.205. The Balaban J connectivity index is 2.28. The van der Waals surface area contributed by atoms with Crippen LogP contribution in [-0.4, -0.2) is 84.0 Å². The summed E-state index contributed by atoms with van der Waals surface area (Å²) in [5.74, 6) is -2.47. The third kappa shape index (κ3) is 9.94. The summed E-state index contributed by atoms with van der Waals surface area (Å²) in [6.07, 6.45) is 1.31. The Morgan fingerprint density at radius 1 is 1.26 bits per heavy atom. The minimum atomic E-state index is -1.51. The lowest BCUT2D eigenvalue weighted by atomic mass is 9.65. The summed E-state index contributed by atoms with van der Waals surface area (Å²) in [7, 11) is 0. The molecule has 1 aliphatic rings. The van der Waals surface area contributed by atoms with E-state index in [0.29, 0.717) is 0 Å². The molecular weight excluding hydrogens is 412 g/mol. The number of aliphatic hydroxyl groups excluding tert-OH is 3. The minimum Gasteiger partial charge on any atom is -0.460 e. The molecule has 1 fully saturated rings. The average molecular weight is 446 g/mol. The summed E-state index contributed by atoms with van der Waals surface area (Å²) in [6.45, 7) is 8.39. The molecule has 3 atom stereocenters. The molecule has 178 valence electrons. The van der Waals surface area contributed by atoms with Gasteiger partial charge < -0.3 is 39.5 Å². The number of hydrogen-bond acceptors (Lipinski definition) is 10. The normalized spacial score (nSPS) is 25.5. The molecule has 0 aromatic rings. The number of ether oxygens (including phenoxy) is 3. The quantitative estimate of drug-likeness (QED) is 0.0465. The molecule has 1 rings (SSSR count). The van der Waals surface area contributed by atoms with Crippen LogP contribution in [0.3, 0.4) is 0 Å². The number of esters is 1. The van der Waals surface area contributed by atoms with Gasteiger partial charge in [0.1, 0.15) is 6.61 Å². The van der Waals surface area contributed by atoms with Gasteiger partial charge in [0.25, 0.3) is 0 Å². The molecule has 3 unspecified atom stereocenters. The van der Waals surface area contributed by atoms with Crippen LogP contribution in [0.15, 0.2) is 31.2 Å². The van der Waals surface area contributed by atoms with Crippen LogP contribution in [0, 0.1) is 11.3 Å². The van der Waals surface area contributed by atoms with E-state index in [9.17, 15) is 25.2 Å². The molecule has 0 amide bonds. The van der Waals surface area contributed by atoms with Crippen LogP contribution in [0.1, 0.15) is 26.2 Å². The molecule has 0 aromatic carbocycles.